The molecule has 1 aliphatic rings. The molecule has 6 heteroatoms. The van der Waals surface area contributed by atoms with Gasteiger partial charge >= 0.3 is 6.03 Å². The highest BCUT2D eigenvalue weighted by atomic mass is 16.2. The van der Waals surface area contributed by atoms with Gasteiger partial charge in [0.1, 0.15) is 0 Å². The minimum Gasteiger partial charge on any atom is -0.365 e. The lowest BCUT2D eigenvalue weighted by Gasteiger charge is -2.27. The molecule has 1 heterocycles. The van der Waals surface area contributed by atoms with Crippen LogP contribution in [0.4, 0.5) is 16.2 Å². The van der Waals surface area contributed by atoms with Crippen LogP contribution in [0.15, 0.2) is 54.6 Å². The normalized spacial score (nSPS) is 13.8. The molecule has 2 aromatic carbocycles. The molecule has 25 heavy (non-hydrogen) atoms. The van der Waals surface area contributed by atoms with Crippen LogP contribution in [-0.2, 0) is 11.3 Å². The highest BCUT2D eigenvalue weighted by Crippen LogP contribution is 2.33. The lowest BCUT2D eigenvalue weighted by Crippen LogP contribution is -2.42. The zero-order valence-electron chi connectivity index (χ0n) is 14.0. The van der Waals surface area contributed by atoms with Gasteiger partial charge in [0.05, 0.1) is 17.9 Å². The fourth-order valence-electron chi connectivity index (χ4n) is 3.11. The molecule has 0 saturated carbocycles. The number of fused-ring (bicyclic) bond motifs is 1. The minimum atomic E-state index is -0.692. The number of rotatable bonds is 4. The van der Waals surface area contributed by atoms with Crippen LogP contribution in [-0.4, -0.2) is 31.6 Å². The lowest BCUT2D eigenvalue weighted by molar-refractivity contribution is -0.117. The van der Waals surface area contributed by atoms with Crippen LogP contribution in [0.2, 0.25) is 0 Å². The summed E-state index contributed by atoms with van der Waals surface area (Å²) in [6.45, 7) is 2.17. The average molecular weight is 338 g/mol. The molecule has 1 aliphatic heterocycles. The van der Waals surface area contributed by atoms with Crippen LogP contribution < -0.4 is 20.9 Å². The van der Waals surface area contributed by atoms with Crippen molar-refractivity contribution in [2.24, 2.45) is 5.73 Å². The molecule has 0 spiro atoms. The second-order valence-corrected chi connectivity index (χ2v) is 6.01. The SMILES string of the molecule is NC(=O)NCC(=O)N1CCCN(Cc2ccccc2)c2ccccc21. The van der Waals surface area contributed by atoms with Crippen molar-refractivity contribution in [2.75, 3.05) is 29.4 Å². The second-order valence-electron chi connectivity index (χ2n) is 6.01. The quantitative estimate of drug-likeness (QED) is 0.896. The van der Waals surface area contributed by atoms with Gasteiger partial charge in [-0.2, -0.15) is 0 Å². The summed E-state index contributed by atoms with van der Waals surface area (Å²) in [7, 11) is 0. The summed E-state index contributed by atoms with van der Waals surface area (Å²) in [5, 5.41) is 2.38. The van der Waals surface area contributed by atoms with E-state index < -0.39 is 6.03 Å². The number of para-hydroxylation sites is 2. The first-order chi connectivity index (χ1) is 12.1. The lowest BCUT2D eigenvalue weighted by atomic mass is 10.1. The van der Waals surface area contributed by atoms with E-state index in [1.54, 1.807) is 4.90 Å². The molecule has 6 nitrogen and oxygen atoms in total. The molecule has 3 N–H and O–H groups in total. The largest absolute Gasteiger partial charge is 0.365 e. The number of nitrogens with zero attached hydrogens (tertiary/aromatic N) is 2. The van der Waals surface area contributed by atoms with E-state index in [1.807, 2.05) is 42.5 Å². The van der Waals surface area contributed by atoms with Crippen LogP contribution in [0.5, 0.6) is 0 Å². The first-order valence-electron chi connectivity index (χ1n) is 8.37. The summed E-state index contributed by atoms with van der Waals surface area (Å²) in [5.74, 6) is -0.159. The van der Waals surface area contributed by atoms with Gasteiger partial charge in [0.2, 0.25) is 5.91 Å². The summed E-state index contributed by atoms with van der Waals surface area (Å²) in [5.41, 5.74) is 8.20. The number of carbonyl (C=O) groups is 2. The topological polar surface area (TPSA) is 78.7 Å². The van der Waals surface area contributed by atoms with Crippen molar-refractivity contribution < 1.29 is 9.59 Å². The maximum absolute atomic E-state index is 12.5. The molecule has 3 amide bonds. The van der Waals surface area contributed by atoms with E-state index in [9.17, 15) is 9.59 Å². The summed E-state index contributed by atoms with van der Waals surface area (Å²) < 4.78 is 0. The number of hydrogen-bond donors (Lipinski definition) is 2. The van der Waals surface area contributed by atoms with Gasteiger partial charge in [-0.3, -0.25) is 4.79 Å². The second kappa shape index (κ2) is 7.70. The van der Waals surface area contributed by atoms with Crippen LogP contribution in [0.3, 0.4) is 0 Å². The van der Waals surface area contributed by atoms with E-state index in [4.69, 9.17) is 5.73 Å². The number of hydrogen-bond acceptors (Lipinski definition) is 3. The Hall–Kier alpha value is -3.02. The molecule has 3 rings (SSSR count). The van der Waals surface area contributed by atoms with Crippen molar-refractivity contribution in [1.29, 1.82) is 0 Å². The zero-order chi connectivity index (χ0) is 17.6. The number of nitrogens with two attached hydrogens (primary N) is 1. The summed E-state index contributed by atoms with van der Waals surface area (Å²) in [6.07, 6.45) is 0.851. The average Bonchev–Trinajstić information content (AvgIpc) is 2.81. The van der Waals surface area contributed by atoms with Gasteiger partial charge in [-0.15, -0.1) is 0 Å². The Morgan fingerprint density at radius 2 is 1.64 bits per heavy atom. The fourth-order valence-corrected chi connectivity index (χ4v) is 3.11. The van der Waals surface area contributed by atoms with Crippen LogP contribution >= 0.6 is 0 Å². The van der Waals surface area contributed by atoms with Crippen molar-refractivity contribution in [3.8, 4) is 0 Å². The first-order valence-corrected chi connectivity index (χ1v) is 8.37. The predicted molar refractivity (Wildman–Crippen MR) is 98.5 cm³/mol. The Balaban J connectivity index is 1.85. The molecule has 0 fully saturated rings. The summed E-state index contributed by atoms with van der Waals surface area (Å²) >= 11 is 0. The Bertz CT molecular complexity index is 748. The van der Waals surface area contributed by atoms with E-state index in [-0.39, 0.29) is 12.5 Å². The Morgan fingerprint density at radius 1 is 0.960 bits per heavy atom. The maximum Gasteiger partial charge on any atom is 0.312 e. The molecule has 130 valence electrons. The highest BCUT2D eigenvalue weighted by molar-refractivity contribution is 5.99. The number of carbonyl (C=O) groups excluding carboxylic acids is 2. The van der Waals surface area contributed by atoms with Crippen LogP contribution in [0, 0.1) is 0 Å². The highest BCUT2D eigenvalue weighted by Gasteiger charge is 2.24. The molecule has 0 unspecified atom stereocenters. The standard InChI is InChI=1S/C19H22N4O2/c20-19(25)21-13-18(24)23-12-6-11-22(14-15-7-2-1-3-8-15)16-9-4-5-10-17(16)23/h1-5,7-10H,6,11-14H2,(H3,20,21,25). The molecular formula is C19H22N4O2. The Morgan fingerprint density at radius 3 is 2.36 bits per heavy atom. The monoisotopic (exact) mass is 338 g/mol. The smallest absolute Gasteiger partial charge is 0.312 e. The van der Waals surface area contributed by atoms with E-state index >= 15 is 0 Å². The third kappa shape index (κ3) is 4.09. The number of anilines is 2. The summed E-state index contributed by atoms with van der Waals surface area (Å²) in [6, 6.07) is 17.5. The van der Waals surface area contributed by atoms with Gasteiger partial charge in [0, 0.05) is 19.6 Å². The molecule has 0 radical (unpaired) electrons. The predicted octanol–water partition coefficient (Wildman–Crippen LogP) is 2.10. The first kappa shape index (κ1) is 16.8. The molecule has 0 atom stereocenters. The van der Waals surface area contributed by atoms with Gasteiger partial charge in [-0.25, -0.2) is 4.79 Å². The third-order valence-corrected chi connectivity index (χ3v) is 4.25. The molecule has 0 bridgehead atoms. The molecule has 2 aromatic rings. The summed E-state index contributed by atoms with van der Waals surface area (Å²) in [4.78, 5) is 27.4. The molecule has 0 aliphatic carbocycles. The van der Waals surface area contributed by atoms with Gasteiger partial charge in [-0.05, 0) is 24.1 Å². The van der Waals surface area contributed by atoms with Gasteiger partial charge < -0.3 is 20.9 Å². The van der Waals surface area contributed by atoms with Crippen LogP contribution in [0.1, 0.15) is 12.0 Å². The number of urea groups is 1. The van der Waals surface area contributed by atoms with Crippen LogP contribution in [0.25, 0.3) is 0 Å². The molecular weight excluding hydrogens is 316 g/mol. The van der Waals surface area contributed by atoms with Crippen molar-refractivity contribution in [1.82, 2.24) is 5.32 Å². The van der Waals surface area contributed by atoms with Gasteiger partial charge in [0.15, 0.2) is 0 Å². The van der Waals surface area contributed by atoms with Crippen molar-refractivity contribution in [3.05, 3.63) is 60.2 Å². The minimum absolute atomic E-state index is 0.0949. The van der Waals surface area contributed by atoms with E-state index in [1.165, 1.54) is 5.56 Å². The zero-order valence-corrected chi connectivity index (χ0v) is 14.0. The number of primary amides is 1. The van der Waals surface area contributed by atoms with Crippen molar-refractivity contribution in [2.45, 2.75) is 13.0 Å². The number of amides is 3. The van der Waals surface area contributed by atoms with E-state index in [0.717, 1.165) is 30.9 Å². The van der Waals surface area contributed by atoms with Crippen molar-refractivity contribution >= 4 is 23.3 Å². The third-order valence-electron chi connectivity index (χ3n) is 4.25. The van der Waals surface area contributed by atoms with E-state index in [2.05, 4.69) is 22.3 Å². The Kier molecular flexibility index (Phi) is 5.18. The van der Waals surface area contributed by atoms with Gasteiger partial charge in [0.25, 0.3) is 0 Å². The number of nitrogens with one attached hydrogen (secondary N) is 1. The van der Waals surface area contributed by atoms with Crippen molar-refractivity contribution in [3.63, 3.8) is 0 Å². The van der Waals surface area contributed by atoms with Gasteiger partial charge in [-0.1, -0.05) is 42.5 Å². The number of benzene rings is 2. The molecule has 0 aromatic heterocycles. The maximum atomic E-state index is 12.5. The Labute approximate surface area is 147 Å². The fraction of sp³-hybridized carbons (Fsp3) is 0.263. The molecule has 0 saturated heterocycles. The van der Waals surface area contributed by atoms with E-state index in [0.29, 0.717) is 6.54 Å².